The molecule has 5 heteroatoms. The van der Waals surface area contributed by atoms with E-state index in [0.717, 1.165) is 30.8 Å². The number of carbonyl (C=O) groups excluding carboxylic acids is 1. The van der Waals surface area contributed by atoms with Crippen LogP contribution in [0.2, 0.25) is 0 Å². The third-order valence-corrected chi connectivity index (χ3v) is 2.42. The van der Waals surface area contributed by atoms with Crippen molar-refractivity contribution >= 4 is 17.3 Å². The lowest BCUT2D eigenvalue weighted by Crippen LogP contribution is -2.11. The molecule has 1 aromatic carbocycles. The molecule has 0 aliphatic rings. The molecule has 0 aromatic heterocycles. The largest absolute Gasteiger partial charge is 0.497 e. The van der Waals surface area contributed by atoms with Crippen molar-refractivity contribution in [3.8, 4) is 5.75 Å². The zero-order valence-electron chi connectivity index (χ0n) is 10.0. The number of unbranched alkanes of at least 4 members (excludes halogenated alkanes) is 1. The number of amides is 1. The summed E-state index contributed by atoms with van der Waals surface area (Å²) in [4.78, 5) is 10.5. The minimum absolute atomic E-state index is 0.256. The predicted molar refractivity (Wildman–Crippen MR) is 68.9 cm³/mol. The maximum atomic E-state index is 10.5. The van der Waals surface area contributed by atoms with E-state index in [9.17, 15) is 4.79 Å². The van der Waals surface area contributed by atoms with Gasteiger partial charge in [-0.3, -0.25) is 4.79 Å². The van der Waals surface area contributed by atoms with Gasteiger partial charge >= 0.3 is 0 Å². The van der Waals surface area contributed by atoms with E-state index in [2.05, 4.69) is 5.32 Å². The number of hydrogen-bond acceptors (Lipinski definition) is 4. The van der Waals surface area contributed by atoms with E-state index in [1.165, 1.54) is 0 Å². The first-order valence-electron chi connectivity index (χ1n) is 5.59. The Balaban J connectivity index is 2.34. The summed E-state index contributed by atoms with van der Waals surface area (Å²) in [5.41, 5.74) is 12.4. The van der Waals surface area contributed by atoms with Crippen molar-refractivity contribution in [3.63, 3.8) is 0 Å². The topological polar surface area (TPSA) is 90.4 Å². The summed E-state index contributed by atoms with van der Waals surface area (Å²) >= 11 is 0. The predicted octanol–water partition coefficient (Wildman–Crippen LogP) is 1.34. The molecule has 0 radical (unpaired) electrons. The smallest absolute Gasteiger partial charge is 0.217 e. The van der Waals surface area contributed by atoms with Crippen LogP contribution in [0.4, 0.5) is 11.4 Å². The summed E-state index contributed by atoms with van der Waals surface area (Å²) < 4.78 is 5.06. The summed E-state index contributed by atoms with van der Waals surface area (Å²) in [5.74, 6) is 0.482. The second kappa shape index (κ2) is 6.62. The molecule has 0 unspecified atom stereocenters. The average Bonchev–Trinajstić information content (AvgIpc) is 2.30. The molecular weight excluding hydrogens is 218 g/mol. The minimum atomic E-state index is -0.256. The number of methoxy groups -OCH3 is 1. The molecule has 0 saturated heterocycles. The molecule has 94 valence electrons. The van der Waals surface area contributed by atoms with Gasteiger partial charge in [0.05, 0.1) is 18.5 Å². The number of primary amides is 1. The van der Waals surface area contributed by atoms with E-state index >= 15 is 0 Å². The zero-order chi connectivity index (χ0) is 12.7. The third-order valence-electron chi connectivity index (χ3n) is 2.42. The Hall–Kier alpha value is -1.91. The fraction of sp³-hybridized carbons (Fsp3) is 0.417. The van der Waals surface area contributed by atoms with E-state index < -0.39 is 0 Å². The van der Waals surface area contributed by atoms with Gasteiger partial charge in [0.2, 0.25) is 5.91 Å². The second-order valence-electron chi connectivity index (χ2n) is 3.80. The van der Waals surface area contributed by atoms with Crippen LogP contribution in [-0.4, -0.2) is 19.6 Å². The van der Waals surface area contributed by atoms with E-state index in [-0.39, 0.29) is 5.91 Å². The van der Waals surface area contributed by atoms with Gasteiger partial charge in [0, 0.05) is 19.0 Å². The van der Waals surface area contributed by atoms with Crippen LogP contribution < -0.4 is 21.5 Å². The van der Waals surface area contributed by atoms with Gasteiger partial charge in [-0.25, -0.2) is 0 Å². The number of nitrogens with two attached hydrogens (primary N) is 2. The SMILES string of the molecule is COc1ccc(NCCCCC(N)=O)c(N)c1. The second-order valence-corrected chi connectivity index (χ2v) is 3.80. The first-order valence-corrected chi connectivity index (χ1v) is 5.59. The highest BCUT2D eigenvalue weighted by molar-refractivity contribution is 5.73. The minimum Gasteiger partial charge on any atom is -0.497 e. The van der Waals surface area contributed by atoms with Crippen LogP contribution in [0.3, 0.4) is 0 Å². The summed E-state index contributed by atoms with van der Waals surface area (Å²) in [7, 11) is 1.60. The van der Waals surface area contributed by atoms with Gasteiger partial charge in [0.1, 0.15) is 5.75 Å². The standard InChI is InChI=1S/C12H19N3O2/c1-17-9-5-6-11(10(13)8-9)15-7-3-2-4-12(14)16/h5-6,8,15H,2-4,7,13H2,1H3,(H2,14,16). The normalized spacial score (nSPS) is 9.94. The highest BCUT2D eigenvalue weighted by atomic mass is 16.5. The highest BCUT2D eigenvalue weighted by Gasteiger charge is 2.00. The molecule has 0 atom stereocenters. The van der Waals surface area contributed by atoms with Gasteiger partial charge in [0.15, 0.2) is 0 Å². The number of anilines is 2. The van der Waals surface area contributed by atoms with Crippen LogP contribution in [0, 0.1) is 0 Å². The molecule has 17 heavy (non-hydrogen) atoms. The molecule has 0 aliphatic heterocycles. The van der Waals surface area contributed by atoms with Gasteiger partial charge in [-0.15, -0.1) is 0 Å². The summed E-state index contributed by atoms with van der Waals surface area (Å²) in [6.07, 6.45) is 2.10. The quantitative estimate of drug-likeness (QED) is 0.493. The molecular formula is C12H19N3O2. The molecule has 1 rings (SSSR count). The number of carbonyl (C=O) groups is 1. The number of rotatable bonds is 7. The lowest BCUT2D eigenvalue weighted by atomic mass is 10.2. The Morgan fingerprint density at radius 2 is 2.18 bits per heavy atom. The Morgan fingerprint density at radius 3 is 2.76 bits per heavy atom. The fourth-order valence-electron chi connectivity index (χ4n) is 1.48. The van der Waals surface area contributed by atoms with E-state index in [1.54, 1.807) is 13.2 Å². The Kier molecular flexibility index (Phi) is 5.13. The Morgan fingerprint density at radius 1 is 1.41 bits per heavy atom. The van der Waals surface area contributed by atoms with E-state index in [4.69, 9.17) is 16.2 Å². The first kappa shape index (κ1) is 13.2. The van der Waals surface area contributed by atoms with Crippen LogP contribution in [0.1, 0.15) is 19.3 Å². The summed E-state index contributed by atoms with van der Waals surface area (Å²) in [5, 5.41) is 3.21. The summed E-state index contributed by atoms with van der Waals surface area (Å²) in [6, 6.07) is 5.50. The van der Waals surface area contributed by atoms with Gasteiger partial charge in [-0.2, -0.15) is 0 Å². The zero-order valence-corrected chi connectivity index (χ0v) is 10.0. The maximum Gasteiger partial charge on any atom is 0.217 e. The molecule has 5 nitrogen and oxygen atoms in total. The monoisotopic (exact) mass is 237 g/mol. The number of hydrogen-bond donors (Lipinski definition) is 3. The molecule has 1 aromatic rings. The van der Waals surface area contributed by atoms with Crippen molar-refractivity contribution in [1.29, 1.82) is 0 Å². The molecule has 1 amide bonds. The lowest BCUT2D eigenvalue weighted by Gasteiger charge is -2.10. The molecule has 0 aliphatic carbocycles. The Labute approximate surface area is 101 Å². The van der Waals surface area contributed by atoms with Crippen molar-refractivity contribution < 1.29 is 9.53 Å². The van der Waals surface area contributed by atoms with Crippen molar-refractivity contribution in [2.24, 2.45) is 5.73 Å². The number of nitrogens with one attached hydrogen (secondary N) is 1. The first-order chi connectivity index (χ1) is 8.13. The fourth-order valence-corrected chi connectivity index (χ4v) is 1.48. The third kappa shape index (κ3) is 4.63. The molecule has 5 N–H and O–H groups in total. The van der Waals surface area contributed by atoms with Crippen molar-refractivity contribution in [3.05, 3.63) is 18.2 Å². The number of ether oxygens (including phenoxy) is 1. The summed E-state index contributed by atoms with van der Waals surface area (Å²) in [6.45, 7) is 0.768. The van der Waals surface area contributed by atoms with Crippen LogP contribution in [-0.2, 0) is 4.79 Å². The lowest BCUT2D eigenvalue weighted by molar-refractivity contribution is -0.118. The highest BCUT2D eigenvalue weighted by Crippen LogP contribution is 2.23. The maximum absolute atomic E-state index is 10.5. The van der Waals surface area contributed by atoms with Gasteiger partial charge in [-0.1, -0.05) is 0 Å². The number of nitrogen functional groups attached to an aromatic ring is 1. The van der Waals surface area contributed by atoms with Crippen molar-refractivity contribution in [1.82, 2.24) is 0 Å². The van der Waals surface area contributed by atoms with Gasteiger partial charge in [-0.05, 0) is 25.0 Å². The Bertz CT molecular complexity index is 380. The van der Waals surface area contributed by atoms with Gasteiger partial charge < -0.3 is 21.5 Å². The van der Waals surface area contributed by atoms with Crippen LogP contribution in [0.5, 0.6) is 5.75 Å². The molecule has 0 bridgehead atoms. The van der Waals surface area contributed by atoms with Crippen LogP contribution >= 0.6 is 0 Å². The van der Waals surface area contributed by atoms with Gasteiger partial charge in [0.25, 0.3) is 0 Å². The van der Waals surface area contributed by atoms with E-state index in [0.29, 0.717) is 12.1 Å². The van der Waals surface area contributed by atoms with E-state index in [1.807, 2.05) is 12.1 Å². The van der Waals surface area contributed by atoms with Crippen molar-refractivity contribution in [2.75, 3.05) is 24.7 Å². The molecule has 0 spiro atoms. The number of benzene rings is 1. The molecule has 0 saturated carbocycles. The average molecular weight is 237 g/mol. The molecule has 0 heterocycles. The van der Waals surface area contributed by atoms with Crippen LogP contribution in [0.15, 0.2) is 18.2 Å². The van der Waals surface area contributed by atoms with Crippen molar-refractivity contribution in [2.45, 2.75) is 19.3 Å². The molecule has 0 fully saturated rings. The van der Waals surface area contributed by atoms with Crippen LogP contribution in [0.25, 0.3) is 0 Å².